The van der Waals surface area contributed by atoms with E-state index in [1.807, 2.05) is 50.4 Å². The van der Waals surface area contributed by atoms with Crippen molar-refractivity contribution < 1.29 is 28.8 Å². The van der Waals surface area contributed by atoms with Crippen molar-refractivity contribution in [3.63, 3.8) is 0 Å². The van der Waals surface area contributed by atoms with Gasteiger partial charge >= 0.3 is 6.03 Å². The smallest absolute Gasteiger partial charge is 0.343 e. The molecule has 11 heteroatoms. The zero-order valence-electron chi connectivity index (χ0n) is 23.1. The number of ether oxygens (including phenoxy) is 1. The number of amides is 5. The molecule has 1 aromatic carbocycles. The number of hydrogen-bond donors (Lipinski definition) is 3. The molecule has 0 radical (unpaired) electrons. The number of hydrogen-bond acceptors (Lipinski definition) is 7. The first-order chi connectivity index (χ1) is 18.8. The Morgan fingerprint density at radius 2 is 1.92 bits per heavy atom. The molecule has 4 atom stereocenters. The fraction of sp³-hybridized carbons (Fsp3) is 0.643. The summed E-state index contributed by atoms with van der Waals surface area (Å²) >= 11 is 1.55. The lowest BCUT2D eigenvalue weighted by Crippen LogP contribution is -2.53. The van der Waals surface area contributed by atoms with E-state index in [-0.39, 0.29) is 11.8 Å². The largest absolute Gasteiger partial charge is 0.350 e. The highest BCUT2D eigenvalue weighted by molar-refractivity contribution is 7.98. The molecule has 2 saturated heterocycles. The minimum atomic E-state index is -0.786. The van der Waals surface area contributed by atoms with Crippen molar-refractivity contribution in [2.75, 3.05) is 18.6 Å². The van der Waals surface area contributed by atoms with Crippen LogP contribution in [0.15, 0.2) is 30.3 Å². The molecular weight excluding hydrogens is 520 g/mol. The lowest BCUT2D eigenvalue weighted by molar-refractivity contribution is -0.203. The van der Waals surface area contributed by atoms with Gasteiger partial charge in [0.25, 0.3) is 5.91 Å². The highest BCUT2D eigenvalue weighted by Gasteiger charge is 2.42. The van der Waals surface area contributed by atoms with Gasteiger partial charge in [0.2, 0.25) is 11.8 Å². The number of hydroxylamine groups is 1. The Bertz CT molecular complexity index is 957. The fourth-order valence-corrected chi connectivity index (χ4v) is 5.44. The lowest BCUT2D eigenvalue weighted by atomic mass is 9.81. The molecule has 0 aromatic heterocycles. The van der Waals surface area contributed by atoms with Gasteiger partial charge in [-0.3, -0.25) is 25.1 Å². The molecule has 3 rings (SSSR count). The average Bonchev–Trinajstić information content (AvgIpc) is 3.19. The van der Waals surface area contributed by atoms with Crippen molar-refractivity contribution in [1.29, 1.82) is 0 Å². The minimum absolute atomic E-state index is 0.106. The Labute approximate surface area is 235 Å². The number of urea groups is 1. The number of nitrogens with zero attached hydrogens (tertiary/aromatic N) is 1. The number of aryl methyl sites for hydroxylation is 1. The number of carbonyl (C=O) groups excluding carboxylic acids is 4. The minimum Gasteiger partial charge on any atom is -0.350 e. The molecule has 2 heterocycles. The summed E-state index contributed by atoms with van der Waals surface area (Å²) in [5.74, 6) is -1.97. The Hall–Kier alpha value is -2.63. The van der Waals surface area contributed by atoms with Gasteiger partial charge in [0.15, 0.2) is 6.29 Å². The van der Waals surface area contributed by atoms with Gasteiger partial charge in [-0.2, -0.15) is 11.8 Å². The first-order valence-corrected chi connectivity index (χ1v) is 15.2. The highest BCUT2D eigenvalue weighted by Crippen LogP contribution is 2.27. The van der Waals surface area contributed by atoms with E-state index in [4.69, 9.17) is 9.57 Å². The van der Waals surface area contributed by atoms with Crippen LogP contribution in [0.5, 0.6) is 0 Å². The molecule has 1 unspecified atom stereocenters. The van der Waals surface area contributed by atoms with Crippen LogP contribution in [0.1, 0.15) is 64.4 Å². The van der Waals surface area contributed by atoms with Crippen molar-refractivity contribution >= 4 is 35.5 Å². The normalized spacial score (nSPS) is 21.0. The zero-order chi connectivity index (χ0) is 28.2. The van der Waals surface area contributed by atoms with E-state index in [9.17, 15) is 19.2 Å². The molecule has 0 saturated carbocycles. The average molecular weight is 563 g/mol. The van der Waals surface area contributed by atoms with Crippen LogP contribution in [0.3, 0.4) is 0 Å². The summed E-state index contributed by atoms with van der Waals surface area (Å²) in [4.78, 5) is 57.6. The Kier molecular flexibility index (Phi) is 12.5. The first-order valence-electron chi connectivity index (χ1n) is 13.8. The van der Waals surface area contributed by atoms with Gasteiger partial charge < -0.3 is 4.74 Å². The number of benzene rings is 1. The molecule has 2 aliphatic heterocycles. The molecule has 3 N–H and O–H groups in total. The van der Waals surface area contributed by atoms with E-state index < -0.39 is 42.0 Å². The Morgan fingerprint density at radius 3 is 2.59 bits per heavy atom. The second-order valence-electron chi connectivity index (χ2n) is 10.5. The van der Waals surface area contributed by atoms with Gasteiger partial charge in [-0.1, -0.05) is 44.2 Å². The number of imide groups is 1. The molecule has 2 aliphatic rings. The van der Waals surface area contributed by atoms with E-state index >= 15 is 0 Å². The van der Waals surface area contributed by atoms with Gasteiger partial charge in [-0.15, -0.1) is 0 Å². The molecule has 2 fully saturated rings. The zero-order valence-corrected chi connectivity index (χ0v) is 24.0. The van der Waals surface area contributed by atoms with Gasteiger partial charge in [0.05, 0.1) is 11.8 Å². The van der Waals surface area contributed by atoms with Crippen molar-refractivity contribution in [1.82, 2.24) is 21.2 Å². The van der Waals surface area contributed by atoms with Crippen molar-refractivity contribution in [3.05, 3.63) is 35.9 Å². The van der Waals surface area contributed by atoms with Crippen LogP contribution in [0.2, 0.25) is 0 Å². The highest BCUT2D eigenvalue weighted by atomic mass is 32.2. The molecular formula is C28H42N4O6S. The predicted molar refractivity (Wildman–Crippen MR) is 149 cm³/mol. The summed E-state index contributed by atoms with van der Waals surface area (Å²) in [5, 5.41) is 3.37. The van der Waals surface area contributed by atoms with Crippen LogP contribution < -0.4 is 16.2 Å². The van der Waals surface area contributed by atoms with Crippen molar-refractivity contribution in [3.8, 4) is 0 Å². The monoisotopic (exact) mass is 562 g/mol. The molecule has 5 amide bonds. The quantitative estimate of drug-likeness (QED) is 0.220. The molecule has 0 bridgehead atoms. The summed E-state index contributed by atoms with van der Waals surface area (Å²) in [7, 11) is 0. The summed E-state index contributed by atoms with van der Waals surface area (Å²) in [5.41, 5.74) is 6.39. The molecule has 0 aliphatic carbocycles. The number of hydrazine groups is 1. The van der Waals surface area contributed by atoms with Crippen LogP contribution in [0.4, 0.5) is 4.79 Å². The predicted octanol–water partition coefficient (Wildman–Crippen LogP) is 3.57. The van der Waals surface area contributed by atoms with E-state index in [1.54, 1.807) is 11.8 Å². The Morgan fingerprint density at radius 1 is 1.15 bits per heavy atom. The lowest BCUT2D eigenvalue weighted by Gasteiger charge is -2.30. The topological polar surface area (TPSA) is 126 Å². The van der Waals surface area contributed by atoms with Gasteiger partial charge in [-0.05, 0) is 68.4 Å². The SMILES string of the molecule is CSCC[C@H]1C(=O)NC(=O)N1NC(=O)[C@H](CC(C)C)[C@H](CCCc1ccccc1)C(=O)NOC1CCCCO1. The Balaban J connectivity index is 1.76. The van der Waals surface area contributed by atoms with Crippen LogP contribution in [-0.2, 0) is 30.4 Å². The fourth-order valence-electron chi connectivity index (χ4n) is 4.98. The van der Waals surface area contributed by atoms with E-state index in [0.717, 1.165) is 29.8 Å². The van der Waals surface area contributed by atoms with Crippen molar-refractivity contribution in [2.45, 2.75) is 77.5 Å². The second-order valence-corrected chi connectivity index (χ2v) is 11.5. The first kappa shape index (κ1) is 30.9. The third kappa shape index (κ3) is 9.51. The maximum Gasteiger partial charge on any atom is 0.343 e. The van der Waals surface area contributed by atoms with Crippen LogP contribution >= 0.6 is 11.8 Å². The molecule has 10 nitrogen and oxygen atoms in total. The number of nitrogens with one attached hydrogen (secondary N) is 3. The molecule has 216 valence electrons. The molecule has 39 heavy (non-hydrogen) atoms. The van der Waals surface area contributed by atoms with E-state index in [1.165, 1.54) is 0 Å². The summed E-state index contributed by atoms with van der Waals surface area (Å²) in [6.45, 7) is 4.55. The van der Waals surface area contributed by atoms with E-state index in [0.29, 0.717) is 44.5 Å². The third-order valence-corrected chi connectivity index (χ3v) is 7.67. The number of rotatable bonds is 15. The van der Waals surface area contributed by atoms with Gasteiger partial charge in [0.1, 0.15) is 6.04 Å². The van der Waals surface area contributed by atoms with Crippen LogP contribution in [0.25, 0.3) is 0 Å². The standard InChI is InChI=1S/C28H42N4O6S/c1-19(2)18-22(25(33)30-32-23(15-17-39-3)27(35)29-28(32)36)21(13-9-12-20-10-5-4-6-11-20)26(34)31-38-24-14-7-8-16-37-24/h4-6,10-11,19,21-24H,7-9,12-18H2,1-3H3,(H,30,33)(H,31,34)(H,29,35,36)/t21-,22+,23-,24?/m0/s1. The number of thioether (sulfide) groups is 1. The third-order valence-electron chi connectivity index (χ3n) is 7.03. The molecule has 0 spiro atoms. The summed E-state index contributed by atoms with van der Waals surface area (Å²) in [6, 6.07) is 8.53. The van der Waals surface area contributed by atoms with Crippen molar-refractivity contribution in [2.24, 2.45) is 17.8 Å². The van der Waals surface area contributed by atoms with E-state index in [2.05, 4.69) is 16.2 Å². The number of carbonyl (C=O) groups is 4. The van der Waals surface area contributed by atoms with Crippen LogP contribution in [-0.4, -0.2) is 59.7 Å². The summed E-state index contributed by atoms with van der Waals surface area (Å²) in [6.07, 6.45) is 6.71. The van der Waals surface area contributed by atoms with Gasteiger partial charge in [0, 0.05) is 13.0 Å². The maximum atomic E-state index is 13.7. The van der Waals surface area contributed by atoms with Gasteiger partial charge in [-0.25, -0.2) is 20.1 Å². The van der Waals surface area contributed by atoms with Crippen LogP contribution in [0, 0.1) is 17.8 Å². The molecule has 1 aromatic rings. The summed E-state index contributed by atoms with van der Waals surface area (Å²) < 4.78 is 5.57. The second kappa shape index (κ2) is 15.8. The maximum absolute atomic E-state index is 13.7.